The fourth-order valence-electron chi connectivity index (χ4n) is 4.28. The molecule has 148 valence electrons. The molecule has 2 aliphatic heterocycles. The fraction of sp³-hybridized carbons (Fsp3) is 0.318. The minimum atomic E-state index is -1.84. The van der Waals surface area contributed by atoms with Crippen molar-refractivity contribution in [1.82, 2.24) is 9.55 Å². The van der Waals surface area contributed by atoms with E-state index in [1.165, 1.54) is 0 Å². The van der Waals surface area contributed by atoms with Crippen molar-refractivity contribution in [1.29, 1.82) is 0 Å². The van der Waals surface area contributed by atoms with Crippen molar-refractivity contribution >= 4 is 16.9 Å². The highest BCUT2D eigenvalue weighted by Crippen LogP contribution is 2.42. The summed E-state index contributed by atoms with van der Waals surface area (Å²) in [6, 6.07) is 11.4. The van der Waals surface area contributed by atoms with E-state index in [1.54, 1.807) is 17.6 Å². The average Bonchev–Trinajstić information content (AvgIpc) is 3.03. The number of cyclic esters (lactones) is 1. The maximum absolute atomic E-state index is 13.4. The van der Waals surface area contributed by atoms with Gasteiger partial charge in [-0.05, 0) is 31.5 Å². The first-order chi connectivity index (χ1) is 14.0. The van der Waals surface area contributed by atoms with Gasteiger partial charge in [0.1, 0.15) is 6.61 Å². The van der Waals surface area contributed by atoms with Gasteiger partial charge in [-0.25, -0.2) is 9.78 Å². The first-order valence-electron chi connectivity index (χ1n) is 9.69. The predicted molar refractivity (Wildman–Crippen MR) is 105 cm³/mol. The highest BCUT2D eigenvalue weighted by Gasteiger charge is 2.46. The molecule has 4 heterocycles. The topological polar surface area (TPSA) is 90.6 Å². The number of nitrogens with zero attached hydrogens (tertiary/aromatic N) is 2. The lowest BCUT2D eigenvalue weighted by Crippen LogP contribution is -2.44. The Hall–Kier alpha value is -3.03. The number of esters is 1. The van der Waals surface area contributed by atoms with E-state index >= 15 is 0 Å². The third kappa shape index (κ3) is 2.34. The molecule has 2 aromatic heterocycles. The molecule has 0 spiro atoms. The Morgan fingerprint density at radius 3 is 2.83 bits per heavy atom. The molecule has 29 heavy (non-hydrogen) atoms. The molecule has 0 bridgehead atoms. The number of hydrogen-bond acceptors (Lipinski definition) is 6. The van der Waals surface area contributed by atoms with E-state index in [2.05, 4.69) is 0 Å². The van der Waals surface area contributed by atoms with Crippen molar-refractivity contribution in [2.75, 3.05) is 6.61 Å². The lowest BCUT2D eigenvalue weighted by atomic mass is 9.86. The molecular formula is C22H20N2O5. The zero-order valence-corrected chi connectivity index (χ0v) is 16.1. The second kappa shape index (κ2) is 6.23. The van der Waals surface area contributed by atoms with Crippen molar-refractivity contribution < 1.29 is 19.4 Å². The summed E-state index contributed by atoms with van der Waals surface area (Å²) >= 11 is 0. The van der Waals surface area contributed by atoms with Gasteiger partial charge in [0.2, 0.25) is 0 Å². The summed E-state index contributed by atoms with van der Waals surface area (Å²) in [4.78, 5) is 30.5. The van der Waals surface area contributed by atoms with Crippen LogP contribution in [0.4, 0.5) is 0 Å². The highest BCUT2D eigenvalue weighted by atomic mass is 16.6. The molecule has 0 saturated heterocycles. The van der Waals surface area contributed by atoms with E-state index in [-0.39, 0.29) is 24.2 Å². The number of carbonyl (C=O) groups excluding carboxylic acids is 1. The predicted octanol–water partition coefficient (Wildman–Crippen LogP) is 2.61. The number of hydrogen-bond donors (Lipinski definition) is 1. The van der Waals surface area contributed by atoms with Crippen LogP contribution in [0.5, 0.6) is 0 Å². The molecule has 7 nitrogen and oxygen atoms in total. The SMILES string of the molecule is CCOC1c2cc3ccccc3nc2-c2cc3c(c(=O)n21)COC(=O)[C@]3(O)CC. The van der Waals surface area contributed by atoms with Crippen LogP contribution in [-0.2, 0) is 26.5 Å². The summed E-state index contributed by atoms with van der Waals surface area (Å²) in [7, 11) is 0. The molecule has 0 aliphatic carbocycles. The second-order valence-electron chi connectivity index (χ2n) is 7.31. The number of rotatable bonds is 3. The van der Waals surface area contributed by atoms with Crippen molar-refractivity contribution in [3.63, 3.8) is 0 Å². The van der Waals surface area contributed by atoms with E-state index in [1.807, 2.05) is 37.3 Å². The number of benzene rings is 1. The van der Waals surface area contributed by atoms with Gasteiger partial charge in [-0.2, -0.15) is 0 Å². The van der Waals surface area contributed by atoms with E-state index < -0.39 is 17.8 Å². The third-order valence-corrected chi connectivity index (χ3v) is 5.81. The lowest BCUT2D eigenvalue weighted by molar-refractivity contribution is -0.172. The van der Waals surface area contributed by atoms with Crippen LogP contribution in [0, 0.1) is 0 Å². The van der Waals surface area contributed by atoms with Crippen LogP contribution in [0.2, 0.25) is 0 Å². The first kappa shape index (κ1) is 18.0. The molecule has 0 saturated carbocycles. The van der Waals surface area contributed by atoms with Crippen molar-refractivity contribution in [2.24, 2.45) is 0 Å². The zero-order valence-electron chi connectivity index (χ0n) is 16.1. The van der Waals surface area contributed by atoms with Gasteiger partial charge in [-0.3, -0.25) is 9.36 Å². The number of pyridine rings is 2. The average molecular weight is 392 g/mol. The summed E-state index contributed by atoms with van der Waals surface area (Å²) in [5.41, 5.74) is 1.14. The molecular weight excluding hydrogens is 372 g/mol. The number of ether oxygens (including phenoxy) is 2. The second-order valence-corrected chi connectivity index (χ2v) is 7.31. The maximum Gasteiger partial charge on any atom is 0.343 e. The largest absolute Gasteiger partial charge is 0.458 e. The van der Waals surface area contributed by atoms with Gasteiger partial charge >= 0.3 is 5.97 Å². The van der Waals surface area contributed by atoms with Crippen LogP contribution >= 0.6 is 0 Å². The Kier molecular flexibility index (Phi) is 3.88. The summed E-state index contributed by atoms with van der Waals surface area (Å²) in [5, 5.41) is 11.9. The Labute approximate surface area is 166 Å². The van der Waals surface area contributed by atoms with Crippen LogP contribution in [0.1, 0.15) is 43.2 Å². The number of aliphatic hydroxyl groups is 1. The van der Waals surface area contributed by atoms with Crippen LogP contribution in [-0.4, -0.2) is 27.2 Å². The quantitative estimate of drug-likeness (QED) is 0.689. The van der Waals surface area contributed by atoms with E-state index in [4.69, 9.17) is 14.5 Å². The Bertz CT molecular complexity index is 1230. The molecule has 5 rings (SSSR count). The van der Waals surface area contributed by atoms with E-state index in [0.29, 0.717) is 23.6 Å². The van der Waals surface area contributed by atoms with Crippen LogP contribution in [0.3, 0.4) is 0 Å². The monoisotopic (exact) mass is 392 g/mol. The maximum atomic E-state index is 13.4. The minimum absolute atomic E-state index is 0.106. The third-order valence-electron chi connectivity index (χ3n) is 5.81. The summed E-state index contributed by atoms with van der Waals surface area (Å²) < 4.78 is 12.6. The summed E-state index contributed by atoms with van der Waals surface area (Å²) in [6.07, 6.45) is -0.513. The molecule has 0 radical (unpaired) electrons. The molecule has 0 fully saturated rings. The number of aromatic nitrogens is 2. The summed E-state index contributed by atoms with van der Waals surface area (Å²) in [6.45, 7) is 3.80. The standard InChI is InChI=1S/C22H20N2O5/c1-3-22(27)15-10-17-18-13(9-12-7-5-6-8-16(12)23-18)20(28-4-2)24(17)19(25)14(15)11-29-21(22)26/h5-10,20,27H,3-4,11H2,1-2H3/t20?,22-/m0/s1. The molecule has 0 amide bonds. The van der Waals surface area contributed by atoms with Gasteiger partial charge in [-0.1, -0.05) is 25.1 Å². The van der Waals surface area contributed by atoms with Gasteiger partial charge < -0.3 is 14.6 Å². The molecule has 1 unspecified atom stereocenters. The number of fused-ring (bicyclic) bond motifs is 5. The van der Waals surface area contributed by atoms with Crippen LogP contribution < -0.4 is 5.56 Å². The van der Waals surface area contributed by atoms with E-state index in [0.717, 1.165) is 16.5 Å². The Balaban J connectivity index is 1.85. The molecule has 7 heteroatoms. The fourth-order valence-corrected chi connectivity index (χ4v) is 4.28. The van der Waals surface area contributed by atoms with Gasteiger partial charge in [0.05, 0.1) is 22.5 Å². The Morgan fingerprint density at radius 2 is 2.07 bits per heavy atom. The Morgan fingerprint density at radius 1 is 1.28 bits per heavy atom. The smallest absolute Gasteiger partial charge is 0.343 e. The van der Waals surface area contributed by atoms with Crippen LogP contribution in [0.15, 0.2) is 41.2 Å². The van der Waals surface area contributed by atoms with E-state index in [9.17, 15) is 14.7 Å². The molecule has 3 aromatic rings. The van der Waals surface area contributed by atoms with Crippen LogP contribution in [0.25, 0.3) is 22.3 Å². The van der Waals surface area contributed by atoms with Gasteiger partial charge in [0.25, 0.3) is 5.56 Å². The first-order valence-corrected chi connectivity index (χ1v) is 9.69. The number of carbonyl (C=O) groups is 1. The molecule has 1 N–H and O–H groups in total. The zero-order chi connectivity index (χ0) is 20.3. The van der Waals surface area contributed by atoms with Gasteiger partial charge in [0, 0.05) is 23.1 Å². The van der Waals surface area contributed by atoms with Gasteiger partial charge in [0.15, 0.2) is 11.8 Å². The minimum Gasteiger partial charge on any atom is -0.458 e. The lowest BCUT2D eigenvalue weighted by Gasteiger charge is -2.32. The number of para-hydroxylation sites is 1. The highest BCUT2D eigenvalue weighted by molar-refractivity contribution is 5.86. The molecule has 2 aliphatic rings. The molecule has 2 atom stereocenters. The van der Waals surface area contributed by atoms with Gasteiger partial charge in [-0.15, -0.1) is 0 Å². The van der Waals surface area contributed by atoms with Crippen molar-refractivity contribution in [2.45, 2.75) is 38.7 Å². The molecule has 1 aromatic carbocycles. The van der Waals surface area contributed by atoms with Crippen molar-refractivity contribution in [3.05, 3.63) is 63.4 Å². The normalized spacial score (nSPS) is 22.2. The summed E-state index contributed by atoms with van der Waals surface area (Å²) in [5.74, 6) is -0.733. The van der Waals surface area contributed by atoms with Crippen molar-refractivity contribution in [3.8, 4) is 11.4 Å².